The van der Waals surface area contributed by atoms with Crippen molar-refractivity contribution in [3.63, 3.8) is 0 Å². The molecule has 1 N–H and O–H groups in total. The van der Waals surface area contributed by atoms with Gasteiger partial charge in [-0.2, -0.15) is 0 Å². The molecule has 0 radical (unpaired) electrons. The second-order valence-corrected chi connectivity index (χ2v) is 8.31. The third-order valence-corrected chi connectivity index (χ3v) is 6.09. The van der Waals surface area contributed by atoms with Crippen molar-refractivity contribution in [2.24, 2.45) is 0 Å². The van der Waals surface area contributed by atoms with Gasteiger partial charge in [-0.1, -0.05) is 12.1 Å². The molecule has 6 nitrogen and oxygen atoms in total. The van der Waals surface area contributed by atoms with Crippen LogP contribution in [0.4, 0.5) is 4.39 Å². The van der Waals surface area contributed by atoms with Crippen LogP contribution in [0.1, 0.15) is 16.7 Å². The summed E-state index contributed by atoms with van der Waals surface area (Å²) in [6.07, 6.45) is 0. The maximum Gasteiger partial charge on any atom is 0.165 e. The Balaban J connectivity index is 1.40. The molecule has 0 spiro atoms. The summed E-state index contributed by atoms with van der Waals surface area (Å²) >= 11 is 0. The lowest BCUT2D eigenvalue weighted by Gasteiger charge is -2.34. The van der Waals surface area contributed by atoms with E-state index in [9.17, 15) is 4.39 Å². The molecule has 0 saturated carbocycles. The van der Waals surface area contributed by atoms with Gasteiger partial charge in [0.25, 0.3) is 0 Å². The van der Waals surface area contributed by atoms with Gasteiger partial charge in [0.15, 0.2) is 11.6 Å². The fourth-order valence-corrected chi connectivity index (χ4v) is 4.37. The average Bonchev–Trinajstić information content (AvgIpc) is 2.98. The Morgan fingerprint density at radius 1 is 0.935 bits per heavy atom. The molecule has 4 rings (SSSR count). The van der Waals surface area contributed by atoms with Crippen LogP contribution in [0.3, 0.4) is 0 Å². The van der Waals surface area contributed by atoms with Gasteiger partial charge in [0.1, 0.15) is 12.4 Å². The summed E-state index contributed by atoms with van der Waals surface area (Å²) in [5.41, 5.74) is 3.52. The number of methoxy groups -OCH3 is 1. The quantitative estimate of drug-likeness (QED) is 0.729. The average molecular weight is 430 g/mol. The predicted molar refractivity (Wildman–Crippen MR) is 118 cm³/mol. The van der Waals surface area contributed by atoms with Crippen molar-refractivity contribution in [2.45, 2.75) is 19.6 Å². The van der Waals surface area contributed by atoms with Gasteiger partial charge in [-0.15, -0.1) is 0 Å². The smallest absolute Gasteiger partial charge is 0.165 e. The van der Waals surface area contributed by atoms with E-state index in [4.69, 9.17) is 14.6 Å². The molecule has 7 heteroatoms. The molecule has 0 atom stereocenters. The lowest BCUT2D eigenvalue weighted by atomic mass is 10.1. The minimum Gasteiger partial charge on any atom is -0.494 e. The summed E-state index contributed by atoms with van der Waals surface area (Å²) < 4.78 is 24.9. The predicted octanol–water partition coefficient (Wildman–Crippen LogP) is 2.34. The van der Waals surface area contributed by atoms with Crippen LogP contribution in [0, 0.1) is 5.82 Å². The number of aliphatic hydroxyl groups is 1. The lowest BCUT2D eigenvalue weighted by Crippen LogP contribution is -2.46. The van der Waals surface area contributed by atoms with E-state index in [0.717, 1.165) is 70.2 Å². The van der Waals surface area contributed by atoms with Gasteiger partial charge in [0.05, 0.1) is 13.7 Å². The Morgan fingerprint density at radius 3 is 2.42 bits per heavy atom. The fourth-order valence-electron chi connectivity index (χ4n) is 4.37. The van der Waals surface area contributed by atoms with E-state index in [2.05, 4.69) is 32.9 Å². The minimum atomic E-state index is -0.336. The normalized spacial score (nSPS) is 18.3. The summed E-state index contributed by atoms with van der Waals surface area (Å²) in [6, 6.07) is 11.6. The number of piperazine rings is 1. The minimum absolute atomic E-state index is 0.228. The number of halogens is 1. The van der Waals surface area contributed by atoms with Crippen LogP contribution in [-0.4, -0.2) is 79.4 Å². The molecule has 0 aliphatic carbocycles. The first-order valence-corrected chi connectivity index (χ1v) is 11.0. The van der Waals surface area contributed by atoms with E-state index < -0.39 is 0 Å². The van der Waals surface area contributed by atoms with Gasteiger partial charge in [-0.25, -0.2) is 4.39 Å². The molecule has 2 aromatic rings. The molecular formula is C24H32FN3O3. The molecule has 1 fully saturated rings. The summed E-state index contributed by atoms with van der Waals surface area (Å²) in [7, 11) is 1.49. The Labute approximate surface area is 183 Å². The Morgan fingerprint density at radius 2 is 1.65 bits per heavy atom. The van der Waals surface area contributed by atoms with Gasteiger partial charge in [-0.3, -0.25) is 14.7 Å². The van der Waals surface area contributed by atoms with Crippen LogP contribution >= 0.6 is 0 Å². The van der Waals surface area contributed by atoms with Crippen LogP contribution in [-0.2, 0) is 19.6 Å². The van der Waals surface area contributed by atoms with Crippen LogP contribution in [0.5, 0.6) is 11.5 Å². The number of β-amino-alcohol motifs (C(OH)–C–C–N with tert-alkyl or cyclic N) is 1. The van der Waals surface area contributed by atoms with Crippen LogP contribution < -0.4 is 9.47 Å². The number of ether oxygens (including phenoxy) is 2. The largest absolute Gasteiger partial charge is 0.494 e. The van der Waals surface area contributed by atoms with Crippen molar-refractivity contribution >= 4 is 0 Å². The van der Waals surface area contributed by atoms with Crippen molar-refractivity contribution in [3.8, 4) is 11.5 Å². The molecule has 2 aliphatic heterocycles. The number of hydrogen-bond donors (Lipinski definition) is 1. The highest BCUT2D eigenvalue weighted by Gasteiger charge is 2.19. The summed E-state index contributed by atoms with van der Waals surface area (Å²) in [5.74, 6) is 0.902. The van der Waals surface area contributed by atoms with E-state index in [1.54, 1.807) is 6.07 Å². The first kappa shape index (κ1) is 22.0. The standard InChI is InChI=1S/C24H32FN3O3/c1-30-24-15-20(2-4-22(24)25)17-28-11-13-31-23-5-3-19(14-21(23)18-28)16-27-8-6-26(7-9-27)10-12-29/h2-5,14-15,29H,6-13,16-18H2,1H3. The van der Waals surface area contributed by atoms with E-state index >= 15 is 0 Å². The van der Waals surface area contributed by atoms with Crippen LogP contribution in [0.25, 0.3) is 0 Å². The first-order valence-electron chi connectivity index (χ1n) is 11.0. The molecule has 2 aliphatic rings. The second-order valence-electron chi connectivity index (χ2n) is 8.31. The maximum absolute atomic E-state index is 13.7. The van der Waals surface area contributed by atoms with Crippen molar-refractivity contribution in [3.05, 3.63) is 58.9 Å². The number of rotatable bonds is 7. The van der Waals surface area contributed by atoms with E-state index in [0.29, 0.717) is 6.61 Å². The van der Waals surface area contributed by atoms with Crippen molar-refractivity contribution < 1.29 is 19.0 Å². The molecular weight excluding hydrogens is 397 g/mol. The third kappa shape index (κ3) is 5.74. The van der Waals surface area contributed by atoms with Crippen LogP contribution in [0.15, 0.2) is 36.4 Å². The van der Waals surface area contributed by atoms with Crippen molar-refractivity contribution in [1.29, 1.82) is 0 Å². The van der Waals surface area contributed by atoms with Gasteiger partial charge in [-0.05, 0) is 35.4 Å². The number of aliphatic hydroxyl groups excluding tert-OH is 1. The number of benzene rings is 2. The van der Waals surface area contributed by atoms with E-state index in [1.807, 2.05) is 6.07 Å². The molecule has 0 aromatic heterocycles. The zero-order valence-electron chi connectivity index (χ0n) is 18.2. The van der Waals surface area contributed by atoms with E-state index in [1.165, 1.54) is 24.3 Å². The summed E-state index contributed by atoms with van der Waals surface area (Å²) in [5, 5.41) is 9.11. The monoisotopic (exact) mass is 429 g/mol. The molecule has 1 saturated heterocycles. The molecule has 0 amide bonds. The Hall–Kier alpha value is -2.19. The van der Waals surface area contributed by atoms with Gasteiger partial charge in [0, 0.05) is 64.5 Å². The lowest BCUT2D eigenvalue weighted by molar-refractivity contribution is 0.108. The highest BCUT2D eigenvalue weighted by atomic mass is 19.1. The topological polar surface area (TPSA) is 48.4 Å². The first-order chi connectivity index (χ1) is 15.1. The van der Waals surface area contributed by atoms with Crippen molar-refractivity contribution in [2.75, 3.05) is 59.6 Å². The van der Waals surface area contributed by atoms with E-state index in [-0.39, 0.29) is 18.2 Å². The fraction of sp³-hybridized carbons (Fsp3) is 0.500. The Bertz CT molecular complexity index is 871. The molecule has 2 aromatic carbocycles. The molecule has 2 heterocycles. The molecule has 0 unspecified atom stereocenters. The maximum atomic E-state index is 13.7. The highest BCUT2D eigenvalue weighted by Crippen LogP contribution is 2.27. The number of nitrogens with zero attached hydrogens (tertiary/aromatic N) is 3. The second kappa shape index (κ2) is 10.4. The number of hydrogen-bond acceptors (Lipinski definition) is 6. The summed E-state index contributed by atoms with van der Waals surface area (Å²) in [4.78, 5) is 7.11. The van der Waals surface area contributed by atoms with Gasteiger partial charge in [0.2, 0.25) is 0 Å². The molecule has 31 heavy (non-hydrogen) atoms. The zero-order chi connectivity index (χ0) is 21.6. The SMILES string of the molecule is COc1cc(CN2CCOc3ccc(CN4CCN(CCO)CC4)cc3C2)ccc1F. The zero-order valence-corrected chi connectivity index (χ0v) is 18.2. The Kier molecular flexibility index (Phi) is 7.40. The summed E-state index contributed by atoms with van der Waals surface area (Å²) in [6.45, 7) is 8.93. The van der Waals surface area contributed by atoms with Gasteiger partial charge >= 0.3 is 0 Å². The highest BCUT2D eigenvalue weighted by molar-refractivity contribution is 5.38. The van der Waals surface area contributed by atoms with Gasteiger partial charge < -0.3 is 14.6 Å². The third-order valence-electron chi connectivity index (χ3n) is 6.09. The van der Waals surface area contributed by atoms with Crippen LogP contribution in [0.2, 0.25) is 0 Å². The number of fused-ring (bicyclic) bond motifs is 1. The molecule has 168 valence electrons. The van der Waals surface area contributed by atoms with Crippen molar-refractivity contribution in [1.82, 2.24) is 14.7 Å². The molecule has 0 bridgehead atoms.